The van der Waals surface area contributed by atoms with Gasteiger partial charge in [0.1, 0.15) is 0 Å². The molecule has 0 N–H and O–H groups in total. The molecule has 0 bridgehead atoms. The number of fused-ring (bicyclic) bond motifs is 3. The lowest BCUT2D eigenvalue weighted by atomic mass is 9.91. The summed E-state index contributed by atoms with van der Waals surface area (Å²) in [7, 11) is 0. The summed E-state index contributed by atoms with van der Waals surface area (Å²) < 4.78 is 2.13. The van der Waals surface area contributed by atoms with Crippen LogP contribution in [0.1, 0.15) is 82.6 Å². The highest BCUT2D eigenvalue weighted by molar-refractivity contribution is 6.23. The smallest absolute Gasteiger partial charge is 0.267 e. The van der Waals surface area contributed by atoms with E-state index in [-0.39, 0.29) is 0 Å². The molecule has 1 aromatic heterocycles. The number of carbonyl (C=O) groups is 2. The third-order valence-electron chi connectivity index (χ3n) is 10.7. The Morgan fingerprint density at radius 1 is 0.629 bits per heavy atom. The number of amides is 2. The Labute approximate surface area is 365 Å². The molecular formula is C55H51N5O2. The van der Waals surface area contributed by atoms with E-state index in [1.54, 1.807) is 13.0 Å². The number of imide groups is 1. The number of hydrogen-bond donors (Lipinski definition) is 0. The molecule has 6 aromatic carbocycles. The minimum Gasteiger partial charge on any atom is -0.308 e. The third kappa shape index (κ3) is 8.87. The van der Waals surface area contributed by atoms with Gasteiger partial charge in [-0.1, -0.05) is 92.2 Å². The number of benzene rings is 6. The summed E-state index contributed by atoms with van der Waals surface area (Å²) in [4.78, 5) is 28.9. The van der Waals surface area contributed by atoms with E-state index in [4.69, 9.17) is 5.26 Å². The predicted octanol–water partition coefficient (Wildman–Crippen LogP) is 13.6. The number of allylic oxidation sites excluding steroid dienone is 3. The van der Waals surface area contributed by atoms with Gasteiger partial charge in [-0.05, 0) is 154 Å². The molecule has 0 saturated heterocycles. The van der Waals surface area contributed by atoms with Crippen LogP contribution in [0.15, 0.2) is 127 Å². The summed E-state index contributed by atoms with van der Waals surface area (Å²) >= 11 is 0. The Kier molecular flexibility index (Phi) is 14.3. The quantitative estimate of drug-likeness (QED) is 0.0903. The molecular weight excluding hydrogens is 763 g/mol. The van der Waals surface area contributed by atoms with Gasteiger partial charge in [-0.2, -0.15) is 15.8 Å². The first-order valence-electron chi connectivity index (χ1n) is 20.5. The molecule has 62 heavy (non-hydrogen) atoms. The highest BCUT2D eigenvalue weighted by Crippen LogP contribution is 2.45. The van der Waals surface area contributed by atoms with Crippen molar-refractivity contribution in [2.45, 2.75) is 69.2 Å². The molecule has 0 unspecified atom stereocenters. The van der Waals surface area contributed by atoms with Gasteiger partial charge in [0.05, 0.1) is 57.3 Å². The molecule has 0 aliphatic heterocycles. The summed E-state index contributed by atoms with van der Waals surface area (Å²) in [6.07, 6.45) is 2.37. The van der Waals surface area contributed by atoms with Crippen LogP contribution in [0.2, 0.25) is 0 Å². The number of aromatic nitrogens is 1. The van der Waals surface area contributed by atoms with Gasteiger partial charge in [0.2, 0.25) is 6.41 Å². The highest BCUT2D eigenvalue weighted by Gasteiger charge is 2.28. The second-order valence-electron chi connectivity index (χ2n) is 15.3. The van der Waals surface area contributed by atoms with E-state index in [9.17, 15) is 20.1 Å². The number of carbonyl (C=O) groups excluding carboxylic acids is 2. The number of anilines is 1. The number of hydrogen-bond acceptors (Lipinski definition) is 5. The zero-order valence-electron chi connectivity index (χ0n) is 37.2. The molecule has 7 nitrogen and oxygen atoms in total. The fraction of sp³-hybridized carbons (Fsp3) is 0.182. The maximum absolute atomic E-state index is 14.8. The van der Waals surface area contributed by atoms with Gasteiger partial charge in [0, 0.05) is 16.3 Å². The molecule has 0 aliphatic rings. The average molecular weight is 814 g/mol. The van der Waals surface area contributed by atoms with Crippen molar-refractivity contribution in [3.63, 3.8) is 0 Å². The maximum atomic E-state index is 14.8. The SMILES string of the molecule is C=C(C)/C=C(\C)C#N.CC.Cc1cc(C)c(N(C=O)C(=O)c2c(C)cccc2-n2c3cccc(-c4ccc(C#N)cc4C)c3c3c(-c4ccc(C#N)cc4C)cccc32)c(C)c1. The van der Waals surface area contributed by atoms with Crippen molar-refractivity contribution in [2.75, 3.05) is 4.90 Å². The third-order valence-corrected chi connectivity index (χ3v) is 10.7. The Bertz CT molecular complexity index is 2920. The van der Waals surface area contributed by atoms with E-state index in [2.05, 4.69) is 47.5 Å². The van der Waals surface area contributed by atoms with Gasteiger partial charge in [-0.25, -0.2) is 4.90 Å². The number of nitrogens with zero attached hydrogens (tertiary/aromatic N) is 5. The molecule has 0 spiro atoms. The Balaban J connectivity index is 0.000000654. The van der Waals surface area contributed by atoms with Crippen molar-refractivity contribution in [3.05, 3.63) is 177 Å². The zero-order valence-corrected chi connectivity index (χ0v) is 37.2. The van der Waals surface area contributed by atoms with Crippen LogP contribution in [0.3, 0.4) is 0 Å². The van der Waals surface area contributed by atoms with Gasteiger partial charge >= 0.3 is 0 Å². The molecule has 0 atom stereocenters. The highest BCUT2D eigenvalue weighted by atomic mass is 16.2. The van der Waals surface area contributed by atoms with E-state index in [0.717, 1.165) is 83.0 Å². The molecule has 7 rings (SSSR count). The molecule has 2 amide bonds. The van der Waals surface area contributed by atoms with Crippen molar-refractivity contribution in [2.24, 2.45) is 0 Å². The zero-order chi connectivity index (χ0) is 45.4. The first-order valence-corrected chi connectivity index (χ1v) is 20.5. The minimum atomic E-state index is -0.411. The van der Waals surface area contributed by atoms with Gasteiger partial charge in [0.15, 0.2) is 0 Å². The topological polar surface area (TPSA) is 114 Å². The normalized spacial score (nSPS) is 10.7. The van der Waals surface area contributed by atoms with E-state index >= 15 is 0 Å². The van der Waals surface area contributed by atoms with Crippen LogP contribution in [0.5, 0.6) is 0 Å². The van der Waals surface area contributed by atoms with E-state index in [1.807, 2.05) is 147 Å². The van der Waals surface area contributed by atoms with Crippen molar-refractivity contribution >= 4 is 39.8 Å². The second kappa shape index (κ2) is 19.5. The lowest BCUT2D eigenvalue weighted by Gasteiger charge is -2.24. The van der Waals surface area contributed by atoms with Crippen LogP contribution in [-0.2, 0) is 4.79 Å². The number of rotatable bonds is 7. The van der Waals surface area contributed by atoms with E-state index in [0.29, 0.717) is 40.0 Å². The van der Waals surface area contributed by atoms with Gasteiger partial charge in [0.25, 0.3) is 5.91 Å². The lowest BCUT2D eigenvalue weighted by molar-refractivity contribution is -0.107. The minimum absolute atomic E-state index is 0.411. The van der Waals surface area contributed by atoms with Crippen LogP contribution >= 0.6 is 0 Å². The molecule has 0 radical (unpaired) electrons. The predicted molar refractivity (Wildman–Crippen MR) is 254 cm³/mol. The van der Waals surface area contributed by atoms with Crippen molar-refractivity contribution in [1.29, 1.82) is 15.8 Å². The molecule has 7 aromatic rings. The van der Waals surface area contributed by atoms with Gasteiger partial charge in [-0.15, -0.1) is 0 Å². The molecule has 0 aliphatic carbocycles. The fourth-order valence-electron chi connectivity index (χ4n) is 8.28. The van der Waals surface area contributed by atoms with Crippen molar-refractivity contribution in [3.8, 4) is 46.1 Å². The summed E-state index contributed by atoms with van der Waals surface area (Å²) in [6, 6.07) is 40.1. The van der Waals surface area contributed by atoms with Crippen LogP contribution in [0.4, 0.5) is 5.69 Å². The van der Waals surface area contributed by atoms with Crippen LogP contribution in [0, 0.1) is 75.5 Å². The first kappa shape index (κ1) is 45.3. The fourth-order valence-corrected chi connectivity index (χ4v) is 8.28. The lowest BCUT2D eigenvalue weighted by Crippen LogP contribution is -2.32. The Morgan fingerprint density at radius 2 is 1.11 bits per heavy atom. The second-order valence-corrected chi connectivity index (χ2v) is 15.3. The Morgan fingerprint density at radius 3 is 1.52 bits per heavy atom. The monoisotopic (exact) mass is 813 g/mol. The van der Waals surface area contributed by atoms with Crippen molar-refractivity contribution < 1.29 is 9.59 Å². The summed E-state index contributed by atoms with van der Waals surface area (Å²) in [5.41, 5.74) is 15.6. The summed E-state index contributed by atoms with van der Waals surface area (Å²) in [5.74, 6) is -0.411. The van der Waals surface area contributed by atoms with Crippen molar-refractivity contribution in [1.82, 2.24) is 4.57 Å². The summed E-state index contributed by atoms with van der Waals surface area (Å²) in [5, 5.41) is 29.5. The van der Waals surface area contributed by atoms with Crippen LogP contribution < -0.4 is 4.90 Å². The molecule has 1 heterocycles. The average Bonchev–Trinajstić information content (AvgIpc) is 3.60. The maximum Gasteiger partial charge on any atom is 0.267 e. The molecule has 308 valence electrons. The molecule has 7 heteroatoms. The van der Waals surface area contributed by atoms with Gasteiger partial charge < -0.3 is 4.57 Å². The van der Waals surface area contributed by atoms with Crippen LogP contribution in [-0.4, -0.2) is 16.9 Å². The summed E-state index contributed by atoms with van der Waals surface area (Å²) in [6.45, 7) is 23.0. The van der Waals surface area contributed by atoms with E-state index in [1.165, 1.54) is 4.90 Å². The Hall–Kier alpha value is -7.79. The van der Waals surface area contributed by atoms with E-state index < -0.39 is 5.91 Å². The first-order chi connectivity index (χ1) is 29.7. The van der Waals surface area contributed by atoms with Gasteiger partial charge in [-0.3, -0.25) is 9.59 Å². The van der Waals surface area contributed by atoms with Crippen LogP contribution in [0.25, 0.3) is 49.7 Å². The molecule has 0 fully saturated rings. The number of aryl methyl sites for hydroxylation is 6. The number of nitriles is 3. The standard InChI is InChI=1S/C46H36N4O2.C7H9N.C2H6/c1-27-20-31(5)45(32(6)21-27)49(26-51)46(52)42-28(2)10-7-13-39(42)50-40-14-8-11-37(35-18-16-33(24-47)22-29(35)3)43(40)44-38(12-9-15-41(44)50)36-19-17-34(25-48)23-30(36)4;1-6(2)4-7(3)5-8;1-2/h7-23,26H,1-6H3;4H,1H2,2-3H3;1-2H3/b;7-4+;. The molecule has 0 saturated carbocycles. The largest absolute Gasteiger partial charge is 0.308 e.